The molecule has 0 amide bonds. The molecule has 2 heteroatoms. The van der Waals surface area contributed by atoms with Gasteiger partial charge >= 0.3 is 0 Å². The van der Waals surface area contributed by atoms with E-state index in [9.17, 15) is 0 Å². The minimum absolute atomic E-state index is 0.207. The number of nitrogens with one attached hydrogen (secondary N) is 1. The van der Waals surface area contributed by atoms with Gasteiger partial charge in [-0.05, 0) is 52.0 Å². The first kappa shape index (κ1) is 8.52. The van der Waals surface area contributed by atoms with Gasteiger partial charge in [0, 0.05) is 11.1 Å². The molecular formula is C10H20N2. The number of nitrogens with two attached hydrogens (primary N) is 1. The van der Waals surface area contributed by atoms with Crippen LogP contribution in [0.5, 0.6) is 0 Å². The third-order valence-electron chi connectivity index (χ3n) is 3.52. The monoisotopic (exact) mass is 168 g/mol. The molecule has 0 radical (unpaired) electrons. The van der Waals surface area contributed by atoms with Gasteiger partial charge in [0.25, 0.3) is 0 Å². The molecule has 12 heavy (non-hydrogen) atoms. The van der Waals surface area contributed by atoms with Gasteiger partial charge in [-0.2, -0.15) is 0 Å². The van der Waals surface area contributed by atoms with E-state index in [1.165, 1.54) is 38.5 Å². The Bertz CT molecular complexity index is 169. The zero-order chi connectivity index (χ0) is 8.66. The van der Waals surface area contributed by atoms with Crippen LogP contribution in [-0.2, 0) is 0 Å². The maximum absolute atomic E-state index is 6.11. The second kappa shape index (κ2) is 2.71. The predicted octanol–water partition coefficient (Wildman–Crippen LogP) is 1.40. The van der Waals surface area contributed by atoms with E-state index in [0.29, 0.717) is 5.54 Å². The summed E-state index contributed by atoms with van der Waals surface area (Å²) in [6, 6.07) is 0. The van der Waals surface area contributed by atoms with Crippen molar-refractivity contribution < 1.29 is 0 Å². The van der Waals surface area contributed by atoms with E-state index in [0.717, 1.165) is 6.54 Å². The van der Waals surface area contributed by atoms with Crippen LogP contribution in [0.25, 0.3) is 0 Å². The van der Waals surface area contributed by atoms with Crippen molar-refractivity contribution in [2.24, 2.45) is 5.73 Å². The van der Waals surface area contributed by atoms with Crippen LogP contribution in [0.1, 0.15) is 45.4 Å². The van der Waals surface area contributed by atoms with Gasteiger partial charge in [0.05, 0.1) is 0 Å². The van der Waals surface area contributed by atoms with E-state index < -0.39 is 0 Å². The second-order valence-corrected chi connectivity index (χ2v) is 4.95. The molecule has 3 N–H and O–H groups in total. The van der Waals surface area contributed by atoms with Crippen LogP contribution in [0.4, 0.5) is 0 Å². The lowest BCUT2D eigenvalue weighted by Gasteiger charge is -2.38. The maximum atomic E-state index is 6.11. The van der Waals surface area contributed by atoms with E-state index in [-0.39, 0.29) is 5.54 Å². The van der Waals surface area contributed by atoms with E-state index in [4.69, 9.17) is 5.73 Å². The summed E-state index contributed by atoms with van der Waals surface area (Å²) in [4.78, 5) is 0. The van der Waals surface area contributed by atoms with Crippen molar-refractivity contribution in [1.82, 2.24) is 5.32 Å². The van der Waals surface area contributed by atoms with Gasteiger partial charge in [0.15, 0.2) is 0 Å². The van der Waals surface area contributed by atoms with Gasteiger partial charge in [0.2, 0.25) is 0 Å². The Kier molecular flexibility index (Phi) is 1.92. The van der Waals surface area contributed by atoms with Crippen LogP contribution >= 0.6 is 0 Å². The van der Waals surface area contributed by atoms with Gasteiger partial charge in [-0.3, -0.25) is 0 Å². The van der Waals surface area contributed by atoms with Crippen LogP contribution in [-0.4, -0.2) is 17.6 Å². The summed E-state index contributed by atoms with van der Waals surface area (Å²) in [6.07, 6.45) is 7.70. The molecule has 2 nitrogen and oxygen atoms in total. The van der Waals surface area contributed by atoms with E-state index in [1.807, 2.05) is 0 Å². The quantitative estimate of drug-likeness (QED) is 0.666. The minimum atomic E-state index is 0.207. The van der Waals surface area contributed by atoms with E-state index >= 15 is 0 Å². The summed E-state index contributed by atoms with van der Waals surface area (Å²) >= 11 is 0. The number of hydrogen-bond acceptors (Lipinski definition) is 2. The first-order chi connectivity index (χ1) is 5.62. The van der Waals surface area contributed by atoms with Crippen molar-refractivity contribution in [2.75, 3.05) is 6.54 Å². The van der Waals surface area contributed by atoms with Crippen LogP contribution in [0.3, 0.4) is 0 Å². The molecule has 2 saturated carbocycles. The van der Waals surface area contributed by atoms with Crippen molar-refractivity contribution >= 4 is 0 Å². The lowest BCUT2D eigenvalue weighted by Crippen LogP contribution is -2.49. The fraction of sp³-hybridized carbons (Fsp3) is 1.00. The molecule has 2 fully saturated rings. The molecule has 0 saturated heterocycles. The normalized spacial score (nSPS) is 29.5. The first-order valence-corrected chi connectivity index (χ1v) is 5.16. The molecule has 2 aliphatic rings. The number of hydrogen-bond donors (Lipinski definition) is 2. The highest BCUT2D eigenvalue weighted by Crippen LogP contribution is 2.35. The molecule has 0 heterocycles. The molecule has 2 rings (SSSR count). The largest absolute Gasteiger partial charge is 0.325 e. The zero-order valence-corrected chi connectivity index (χ0v) is 8.03. The fourth-order valence-corrected chi connectivity index (χ4v) is 1.86. The first-order valence-electron chi connectivity index (χ1n) is 5.16. The molecule has 0 aromatic carbocycles. The highest BCUT2D eigenvalue weighted by atomic mass is 15.0. The topological polar surface area (TPSA) is 38.0 Å². The Morgan fingerprint density at radius 2 is 1.92 bits per heavy atom. The fourth-order valence-electron chi connectivity index (χ4n) is 1.86. The Labute approximate surface area is 74.9 Å². The Morgan fingerprint density at radius 1 is 1.25 bits per heavy atom. The SMILES string of the molecule is CC1(NCCC2(N)CCC2)CC1. The van der Waals surface area contributed by atoms with Crippen molar-refractivity contribution in [2.45, 2.75) is 56.5 Å². The second-order valence-electron chi connectivity index (χ2n) is 4.95. The zero-order valence-electron chi connectivity index (χ0n) is 8.03. The molecule has 0 aromatic heterocycles. The number of rotatable bonds is 4. The molecule has 0 bridgehead atoms. The van der Waals surface area contributed by atoms with Crippen molar-refractivity contribution in [3.8, 4) is 0 Å². The maximum Gasteiger partial charge on any atom is 0.0166 e. The molecule has 0 atom stereocenters. The van der Waals surface area contributed by atoms with Crippen molar-refractivity contribution in [1.29, 1.82) is 0 Å². The van der Waals surface area contributed by atoms with Crippen LogP contribution in [0.15, 0.2) is 0 Å². The minimum Gasteiger partial charge on any atom is -0.325 e. The van der Waals surface area contributed by atoms with Gasteiger partial charge in [0.1, 0.15) is 0 Å². The van der Waals surface area contributed by atoms with E-state index in [2.05, 4.69) is 12.2 Å². The predicted molar refractivity (Wildman–Crippen MR) is 51.0 cm³/mol. The molecule has 0 unspecified atom stereocenters. The summed E-state index contributed by atoms with van der Waals surface area (Å²) in [7, 11) is 0. The van der Waals surface area contributed by atoms with Crippen LogP contribution in [0, 0.1) is 0 Å². The summed E-state index contributed by atoms with van der Waals surface area (Å²) in [6.45, 7) is 3.42. The highest BCUT2D eigenvalue weighted by Gasteiger charge is 2.38. The van der Waals surface area contributed by atoms with Crippen molar-refractivity contribution in [3.63, 3.8) is 0 Å². The molecule has 0 aliphatic heterocycles. The van der Waals surface area contributed by atoms with Gasteiger partial charge < -0.3 is 11.1 Å². The smallest absolute Gasteiger partial charge is 0.0166 e. The van der Waals surface area contributed by atoms with Gasteiger partial charge in [-0.15, -0.1) is 0 Å². The Morgan fingerprint density at radius 3 is 2.33 bits per heavy atom. The summed E-state index contributed by atoms with van der Waals surface area (Å²) < 4.78 is 0. The Balaban J connectivity index is 1.62. The standard InChI is InChI=1S/C10H20N2/c1-9(5-6-9)12-8-7-10(11)3-2-4-10/h12H,2-8,11H2,1H3. The summed E-state index contributed by atoms with van der Waals surface area (Å²) in [5, 5.41) is 3.58. The Hall–Kier alpha value is -0.0800. The summed E-state index contributed by atoms with van der Waals surface area (Å²) in [5.41, 5.74) is 6.81. The lowest BCUT2D eigenvalue weighted by atomic mass is 9.75. The third kappa shape index (κ3) is 1.80. The molecular weight excluding hydrogens is 148 g/mol. The average molecular weight is 168 g/mol. The lowest BCUT2D eigenvalue weighted by molar-refractivity contribution is 0.226. The molecule has 70 valence electrons. The van der Waals surface area contributed by atoms with Gasteiger partial charge in [-0.25, -0.2) is 0 Å². The molecule has 2 aliphatic carbocycles. The molecule has 0 spiro atoms. The van der Waals surface area contributed by atoms with Crippen LogP contribution < -0.4 is 11.1 Å². The molecule has 0 aromatic rings. The van der Waals surface area contributed by atoms with E-state index in [1.54, 1.807) is 0 Å². The van der Waals surface area contributed by atoms with Gasteiger partial charge in [-0.1, -0.05) is 0 Å². The summed E-state index contributed by atoms with van der Waals surface area (Å²) in [5.74, 6) is 0. The van der Waals surface area contributed by atoms with Crippen molar-refractivity contribution in [3.05, 3.63) is 0 Å². The third-order valence-corrected chi connectivity index (χ3v) is 3.52. The van der Waals surface area contributed by atoms with Crippen LogP contribution in [0.2, 0.25) is 0 Å². The highest BCUT2D eigenvalue weighted by molar-refractivity contribution is 4.99. The average Bonchev–Trinajstić information content (AvgIpc) is 2.65.